The first-order valence-corrected chi connectivity index (χ1v) is 6.51. The van der Waals surface area contributed by atoms with Crippen molar-refractivity contribution in [3.8, 4) is 0 Å². The maximum absolute atomic E-state index is 12.5. The van der Waals surface area contributed by atoms with Crippen LogP contribution in [0.5, 0.6) is 0 Å². The van der Waals surface area contributed by atoms with Crippen LogP contribution in [0.3, 0.4) is 0 Å². The third kappa shape index (κ3) is 2.81. The van der Waals surface area contributed by atoms with Gasteiger partial charge in [0.05, 0.1) is 16.7 Å². The van der Waals surface area contributed by atoms with Gasteiger partial charge in [-0.1, -0.05) is 12.1 Å². The Morgan fingerprint density at radius 3 is 2.55 bits per heavy atom. The van der Waals surface area contributed by atoms with E-state index in [9.17, 15) is 9.59 Å². The van der Waals surface area contributed by atoms with Crippen molar-refractivity contribution in [2.75, 3.05) is 25.1 Å². The lowest BCUT2D eigenvalue weighted by Crippen LogP contribution is -2.46. The number of carboxylic acid groups (broad SMARTS) is 1. The van der Waals surface area contributed by atoms with Gasteiger partial charge in [0.15, 0.2) is 0 Å². The number of anilines is 1. The van der Waals surface area contributed by atoms with E-state index in [1.165, 1.54) is 6.07 Å². The molecule has 0 unspecified atom stereocenters. The summed E-state index contributed by atoms with van der Waals surface area (Å²) in [6.45, 7) is 1.20. The largest absolute Gasteiger partial charge is 0.478 e. The van der Waals surface area contributed by atoms with Crippen LogP contribution < -0.4 is 11.1 Å². The molecule has 1 fully saturated rings. The highest BCUT2D eigenvalue weighted by atomic mass is 16.5. The molecule has 1 heterocycles. The number of nitrogens with one attached hydrogen (secondary N) is 1. The number of carbonyl (C=O) groups is 2. The van der Waals surface area contributed by atoms with Crippen molar-refractivity contribution in [2.24, 2.45) is 11.1 Å². The molecule has 2 rings (SSSR count). The standard InChI is InChI=1S/C14H18N2O4/c15-9-14(5-7-20-8-6-14)13(19)16-11-4-2-1-3-10(11)12(17)18/h1-4H,5-9,15H2,(H,16,19)(H,17,18). The molecule has 1 saturated heterocycles. The van der Waals surface area contributed by atoms with Crippen LogP contribution in [0, 0.1) is 5.41 Å². The minimum Gasteiger partial charge on any atom is -0.478 e. The van der Waals surface area contributed by atoms with Crippen LogP contribution in [0.25, 0.3) is 0 Å². The molecule has 1 aromatic carbocycles. The predicted molar refractivity (Wildman–Crippen MR) is 73.6 cm³/mol. The number of nitrogens with two attached hydrogens (primary N) is 1. The van der Waals surface area contributed by atoms with E-state index in [0.717, 1.165) is 0 Å². The van der Waals surface area contributed by atoms with E-state index in [1.54, 1.807) is 18.2 Å². The van der Waals surface area contributed by atoms with Gasteiger partial charge >= 0.3 is 5.97 Å². The molecule has 0 bridgehead atoms. The summed E-state index contributed by atoms with van der Waals surface area (Å²) >= 11 is 0. The molecule has 1 aliphatic rings. The number of aromatic carboxylic acids is 1. The SMILES string of the molecule is NCC1(C(=O)Nc2ccccc2C(=O)O)CCOCC1. The van der Waals surface area contributed by atoms with E-state index in [2.05, 4.69) is 5.32 Å². The van der Waals surface area contributed by atoms with Crippen LogP contribution in [0.1, 0.15) is 23.2 Å². The first-order valence-electron chi connectivity index (χ1n) is 6.51. The van der Waals surface area contributed by atoms with Crippen LogP contribution in [0.4, 0.5) is 5.69 Å². The zero-order valence-electron chi connectivity index (χ0n) is 11.1. The zero-order chi connectivity index (χ0) is 14.6. The minimum atomic E-state index is -1.07. The number of hydrogen-bond acceptors (Lipinski definition) is 4. The molecule has 0 radical (unpaired) electrons. The lowest BCUT2D eigenvalue weighted by atomic mass is 9.79. The fourth-order valence-corrected chi connectivity index (χ4v) is 2.32. The minimum absolute atomic E-state index is 0.0695. The summed E-state index contributed by atoms with van der Waals surface area (Å²) in [5.41, 5.74) is 5.45. The summed E-state index contributed by atoms with van der Waals surface area (Å²) in [4.78, 5) is 23.6. The summed E-state index contributed by atoms with van der Waals surface area (Å²) in [6.07, 6.45) is 1.09. The van der Waals surface area contributed by atoms with Crippen LogP contribution in [0.2, 0.25) is 0 Å². The first kappa shape index (κ1) is 14.5. The lowest BCUT2D eigenvalue weighted by Gasteiger charge is -2.34. The Balaban J connectivity index is 2.20. The second-order valence-corrected chi connectivity index (χ2v) is 4.90. The maximum atomic E-state index is 12.5. The first-order chi connectivity index (χ1) is 9.59. The molecular weight excluding hydrogens is 260 g/mol. The average Bonchev–Trinajstić information content (AvgIpc) is 2.48. The Morgan fingerprint density at radius 1 is 1.30 bits per heavy atom. The molecule has 1 amide bonds. The Bertz CT molecular complexity index is 510. The van der Waals surface area contributed by atoms with Crippen LogP contribution in [0.15, 0.2) is 24.3 Å². The van der Waals surface area contributed by atoms with Gasteiger partial charge in [0, 0.05) is 19.8 Å². The van der Waals surface area contributed by atoms with Gasteiger partial charge in [-0.05, 0) is 25.0 Å². The molecule has 6 heteroatoms. The Hall–Kier alpha value is -1.92. The quantitative estimate of drug-likeness (QED) is 0.765. The number of carbonyl (C=O) groups excluding carboxylic acids is 1. The Labute approximate surface area is 116 Å². The van der Waals surface area contributed by atoms with Crippen LogP contribution >= 0.6 is 0 Å². The van der Waals surface area contributed by atoms with E-state index in [4.69, 9.17) is 15.6 Å². The monoisotopic (exact) mass is 278 g/mol. The highest BCUT2D eigenvalue weighted by molar-refractivity contribution is 6.02. The number of hydrogen-bond donors (Lipinski definition) is 3. The summed E-state index contributed by atoms with van der Waals surface area (Å²) in [7, 11) is 0. The topological polar surface area (TPSA) is 102 Å². The highest BCUT2D eigenvalue weighted by Crippen LogP contribution is 2.31. The third-order valence-corrected chi connectivity index (χ3v) is 3.73. The smallest absolute Gasteiger partial charge is 0.337 e. The number of para-hydroxylation sites is 1. The summed E-state index contributed by atoms with van der Waals surface area (Å²) in [5, 5.41) is 11.8. The molecule has 4 N–H and O–H groups in total. The van der Waals surface area contributed by atoms with E-state index in [1.807, 2.05) is 0 Å². The van der Waals surface area contributed by atoms with Gasteiger partial charge in [0.25, 0.3) is 0 Å². The zero-order valence-corrected chi connectivity index (χ0v) is 11.1. The molecule has 0 saturated carbocycles. The van der Waals surface area contributed by atoms with E-state index < -0.39 is 11.4 Å². The van der Waals surface area contributed by atoms with Gasteiger partial charge in [-0.15, -0.1) is 0 Å². The van der Waals surface area contributed by atoms with Crippen molar-refractivity contribution in [1.29, 1.82) is 0 Å². The number of benzene rings is 1. The molecule has 0 aromatic heterocycles. The van der Waals surface area contributed by atoms with Gasteiger partial charge in [-0.2, -0.15) is 0 Å². The fourth-order valence-electron chi connectivity index (χ4n) is 2.32. The maximum Gasteiger partial charge on any atom is 0.337 e. The van der Waals surface area contributed by atoms with Gasteiger partial charge in [0.2, 0.25) is 5.91 Å². The van der Waals surface area contributed by atoms with E-state index >= 15 is 0 Å². The van der Waals surface area contributed by atoms with Gasteiger partial charge in [0.1, 0.15) is 0 Å². The number of ether oxygens (including phenoxy) is 1. The fraction of sp³-hybridized carbons (Fsp3) is 0.429. The van der Waals surface area contributed by atoms with Gasteiger partial charge in [-0.3, -0.25) is 4.79 Å². The number of amides is 1. The Kier molecular flexibility index (Phi) is 4.36. The second-order valence-electron chi connectivity index (χ2n) is 4.90. The third-order valence-electron chi connectivity index (χ3n) is 3.73. The summed E-state index contributed by atoms with van der Waals surface area (Å²) in [5.74, 6) is -1.31. The van der Waals surface area contributed by atoms with Crippen molar-refractivity contribution in [2.45, 2.75) is 12.8 Å². The summed E-state index contributed by atoms with van der Waals surface area (Å²) in [6, 6.07) is 6.33. The van der Waals surface area contributed by atoms with Crippen molar-refractivity contribution >= 4 is 17.6 Å². The van der Waals surface area contributed by atoms with Crippen molar-refractivity contribution in [3.05, 3.63) is 29.8 Å². The molecule has 1 aromatic rings. The molecule has 0 spiro atoms. The van der Waals surface area contributed by atoms with E-state index in [0.29, 0.717) is 31.7 Å². The predicted octanol–water partition coefficient (Wildman–Crippen LogP) is 1.08. The summed E-state index contributed by atoms with van der Waals surface area (Å²) < 4.78 is 5.26. The average molecular weight is 278 g/mol. The van der Waals surface area contributed by atoms with E-state index in [-0.39, 0.29) is 18.0 Å². The number of carboxylic acids is 1. The van der Waals surface area contributed by atoms with Crippen molar-refractivity contribution in [1.82, 2.24) is 0 Å². The second kappa shape index (κ2) is 6.02. The van der Waals surface area contributed by atoms with Crippen molar-refractivity contribution < 1.29 is 19.4 Å². The highest BCUT2D eigenvalue weighted by Gasteiger charge is 2.39. The Morgan fingerprint density at radius 2 is 1.95 bits per heavy atom. The van der Waals surface area contributed by atoms with Gasteiger partial charge < -0.3 is 20.9 Å². The molecule has 0 aliphatic carbocycles. The van der Waals surface area contributed by atoms with Crippen molar-refractivity contribution in [3.63, 3.8) is 0 Å². The molecule has 6 nitrogen and oxygen atoms in total. The molecular formula is C14H18N2O4. The number of rotatable bonds is 4. The van der Waals surface area contributed by atoms with Crippen LogP contribution in [-0.2, 0) is 9.53 Å². The normalized spacial score (nSPS) is 17.4. The van der Waals surface area contributed by atoms with Crippen LogP contribution in [-0.4, -0.2) is 36.7 Å². The molecule has 1 aliphatic heterocycles. The van der Waals surface area contributed by atoms with Gasteiger partial charge in [-0.25, -0.2) is 4.79 Å². The molecule has 20 heavy (non-hydrogen) atoms. The molecule has 0 atom stereocenters. The molecule has 108 valence electrons. The lowest BCUT2D eigenvalue weighted by molar-refractivity contribution is -0.130.